The van der Waals surface area contributed by atoms with E-state index in [2.05, 4.69) is 43.2 Å². The first-order valence-corrected chi connectivity index (χ1v) is 6.98. The molecule has 0 aliphatic heterocycles. The van der Waals surface area contributed by atoms with Crippen LogP contribution in [0.4, 0.5) is 0 Å². The number of ether oxygens (including phenoxy) is 1. The van der Waals surface area contributed by atoms with Crippen molar-refractivity contribution < 1.29 is 4.74 Å². The zero-order valence-electron chi connectivity index (χ0n) is 12.6. The number of nitrogens with one attached hydrogen (secondary N) is 1. The first-order valence-electron chi connectivity index (χ1n) is 6.98. The van der Waals surface area contributed by atoms with Crippen molar-refractivity contribution in [3.63, 3.8) is 0 Å². The molecular formula is C17H22N2O. The lowest BCUT2D eigenvalue weighted by molar-refractivity contribution is 0.479. The van der Waals surface area contributed by atoms with E-state index in [4.69, 9.17) is 4.74 Å². The van der Waals surface area contributed by atoms with E-state index in [0.717, 1.165) is 23.7 Å². The molecule has 0 spiro atoms. The van der Waals surface area contributed by atoms with Crippen LogP contribution in [0.1, 0.15) is 30.7 Å². The molecule has 0 unspecified atom stereocenters. The van der Waals surface area contributed by atoms with Crippen LogP contribution < -0.4 is 10.1 Å². The number of hydrogen-bond acceptors (Lipinski definition) is 3. The van der Waals surface area contributed by atoms with Gasteiger partial charge in [-0.15, -0.1) is 0 Å². The van der Waals surface area contributed by atoms with Crippen molar-refractivity contribution in [1.29, 1.82) is 0 Å². The first-order chi connectivity index (χ1) is 9.54. The summed E-state index contributed by atoms with van der Waals surface area (Å²) in [5.41, 5.74) is 3.52. The maximum atomic E-state index is 5.81. The molecule has 0 saturated carbocycles. The van der Waals surface area contributed by atoms with E-state index in [0.29, 0.717) is 6.04 Å². The molecule has 2 rings (SSSR count). The average Bonchev–Trinajstić information content (AvgIpc) is 2.40. The van der Waals surface area contributed by atoms with E-state index < -0.39 is 0 Å². The van der Waals surface area contributed by atoms with Crippen LogP contribution in [0.15, 0.2) is 36.5 Å². The highest BCUT2D eigenvalue weighted by Crippen LogP contribution is 2.23. The van der Waals surface area contributed by atoms with E-state index in [1.807, 2.05) is 25.1 Å². The standard InChI is InChI=1S/C17H22N2O/c1-12(2)18-10-15-6-8-16(9-13(15)3)20-17-7-5-14(4)19-11-17/h5-9,11-12,18H,10H2,1-4H3. The number of pyridine rings is 1. The van der Waals surface area contributed by atoms with Crippen LogP contribution in [0.5, 0.6) is 11.5 Å². The highest BCUT2D eigenvalue weighted by Gasteiger charge is 2.03. The van der Waals surface area contributed by atoms with Crippen molar-refractivity contribution >= 4 is 0 Å². The molecule has 106 valence electrons. The molecule has 1 heterocycles. The van der Waals surface area contributed by atoms with Gasteiger partial charge in [0, 0.05) is 18.3 Å². The van der Waals surface area contributed by atoms with Gasteiger partial charge in [-0.05, 0) is 49.2 Å². The summed E-state index contributed by atoms with van der Waals surface area (Å²) in [5, 5.41) is 3.43. The molecule has 1 N–H and O–H groups in total. The number of nitrogens with zero attached hydrogens (tertiary/aromatic N) is 1. The van der Waals surface area contributed by atoms with Crippen molar-refractivity contribution in [2.24, 2.45) is 0 Å². The first kappa shape index (κ1) is 14.5. The van der Waals surface area contributed by atoms with Crippen LogP contribution in [0.25, 0.3) is 0 Å². The normalized spacial score (nSPS) is 10.8. The Morgan fingerprint density at radius 2 is 1.85 bits per heavy atom. The zero-order chi connectivity index (χ0) is 14.5. The molecule has 0 saturated heterocycles. The summed E-state index contributed by atoms with van der Waals surface area (Å²) in [5.74, 6) is 1.62. The van der Waals surface area contributed by atoms with Gasteiger partial charge < -0.3 is 10.1 Å². The number of aromatic nitrogens is 1. The van der Waals surface area contributed by atoms with E-state index in [1.54, 1.807) is 6.20 Å². The molecule has 0 bridgehead atoms. The van der Waals surface area contributed by atoms with Gasteiger partial charge in [0.1, 0.15) is 11.5 Å². The number of rotatable bonds is 5. The second kappa shape index (κ2) is 6.53. The smallest absolute Gasteiger partial charge is 0.145 e. The lowest BCUT2D eigenvalue weighted by Gasteiger charge is -2.12. The highest BCUT2D eigenvalue weighted by atomic mass is 16.5. The SMILES string of the molecule is Cc1ccc(Oc2ccc(CNC(C)C)c(C)c2)cn1. The third-order valence-electron chi connectivity index (χ3n) is 3.13. The number of benzene rings is 1. The molecule has 3 heteroatoms. The van der Waals surface area contributed by atoms with Crippen LogP contribution in [0, 0.1) is 13.8 Å². The molecule has 0 atom stereocenters. The molecule has 1 aromatic heterocycles. The van der Waals surface area contributed by atoms with E-state index in [1.165, 1.54) is 11.1 Å². The molecule has 1 aromatic carbocycles. The second-order valence-electron chi connectivity index (χ2n) is 5.36. The highest BCUT2D eigenvalue weighted by molar-refractivity contribution is 5.37. The molecule has 3 nitrogen and oxygen atoms in total. The Morgan fingerprint density at radius 3 is 2.45 bits per heavy atom. The Kier molecular flexibility index (Phi) is 4.74. The summed E-state index contributed by atoms with van der Waals surface area (Å²) in [7, 11) is 0. The fourth-order valence-electron chi connectivity index (χ4n) is 1.89. The third-order valence-corrected chi connectivity index (χ3v) is 3.13. The van der Waals surface area contributed by atoms with Crippen molar-refractivity contribution in [2.75, 3.05) is 0 Å². The topological polar surface area (TPSA) is 34.1 Å². The van der Waals surface area contributed by atoms with Crippen molar-refractivity contribution in [3.05, 3.63) is 53.3 Å². The maximum absolute atomic E-state index is 5.81. The minimum Gasteiger partial charge on any atom is -0.456 e. The molecular weight excluding hydrogens is 248 g/mol. The van der Waals surface area contributed by atoms with Crippen LogP contribution in [0.3, 0.4) is 0 Å². The molecule has 0 radical (unpaired) electrons. The Labute approximate surface area is 121 Å². The maximum Gasteiger partial charge on any atom is 0.145 e. The summed E-state index contributed by atoms with van der Waals surface area (Å²) in [6.45, 7) is 9.26. The predicted molar refractivity (Wildman–Crippen MR) is 82.2 cm³/mol. The molecule has 0 aliphatic carbocycles. The van der Waals surface area contributed by atoms with Gasteiger partial charge >= 0.3 is 0 Å². The van der Waals surface area contributed by atoms with Gasteiger partial charge in [0.05, 0.1) is 6.20 Å². The Balaban J connectivity index is 2.06. The Bertz CT molecular complexity index is 562. The van der Waals surface area contributed by atoms with Gasteiger partial charge in [-0.3, -0.25) is 4.98 Å². The summed E-state index contributed by atoms with van der Waals surface area (Å²) in [4.78, 5) is 4.23. The van der Waals surface area contributed by atoms with E-state index in [9.17, 15) is 0 Å². The van der Waals surface area contributed by atoms with Crippen molar-refractivity contribution in [3.8, 4) is 11.5 Å². The van der Waals surface area contributed by atoms with Crippen molar-refractivity contribution in [2.45, 2.75) is 40.3 Å². The minimum atomic E-state index is 0.490. The third kappa shape index (κ3) is 4.07. The van der Waals surface area contributed by atoms with Gasteiger partial charge in [-0.1, -0.05) is 19.9 Å². The van der Waals surface area contributed by atoms with Gasteiger partial charge in [-0.2, -0.15) is 0 Å². The van der Waals surface area contributed by atoms with Crippen LogP contribution in [-0.2, 0) is 6.54 Å². The van der Waals surface area contributed by atoms with Gasteiger partial charge in [0.25, 0.3) is 0 Å². The Morgan fingerprint density at radius 1 is 1.10 bits per heavy atom. The molecule has 20 heavy (non-hydrogen) atoms. The molecule has 0 aliphatic rings. The van der Waals surface area contributed by atoms with Crippen molar-refractivity contribution in [1.82, 2.24) is 10.3 Å². The predicted octanol–water partition coefficient (Wildman–Crippen LogP) is 3.99. The molecule has 0 fully saturated rings. The monoisotopic (exact) mass is 270 g/mol. The van der Waals surface area contributed by atoms with Gasteiger partial charge in [-0.25, -0.2) is 0 Å². The average molecular weight is 270 g/mol. The van der Waals surface area contributed by atoms with Gasteiger partial charge in [0.15, 0.2) is 0 Å². The minimum absolute atomic E-state index is 0.490. The van der Waals surface area contributed by atoms with Crippen LogP contribution >= 0.6 is 0 Å². The number of hydrogen-bond donors (Lipinski definition) is 1. The summed E-state index contributed by atoms with van der Waals surface area (Å²) in [6.07, 6.45) is 1.75. The Hall–Kier alpha value is -1.87. The van der Waals surface area contributed by atoms with E-state index in [-0.39, 0.29) is 0 Å². The fourth-order valence-corrected chi connectivity index (χ4v) is 1.89. The quantitative estimate of drug-likeness (QED) is 0.892. The van der Waals surface area contributed by atoms with Crippen LogP contribution in [-0.4, -0.2) is 11.0 Å². The molecule has 2 aromatic rings. The fraction of sp³-hybridized carbons (Fsp3) is 0.353. The largest absolute Gasteiger partial charge is 0.456 e. The van der Waals surface area contributed by atoms with Crippen LogP contribution in [0.2, 0.25) is 0 Å². The summed E-state index contributed by atoms with van der Waals surface area (Å²) < 4.78 is 5.81. The van der Waals surface area contributed by atoms with Gasteiger partial charge in [0.2, 0.25) is 0 Å². The summed E-state index contributed by atoms with van der Waals surface area (Å²) >= 11 is 0. The zero-order valence-corrected chi connectivity index (χ0v) is 12.6. The number of aryl methyl sites for hydroxylation is 2. The van der Waals surface area contributed by atoms with E-state index >= 15 is 0 Å². The second-order valence-corrected chi connectivity index (χ2v) is 5.36. The lowest BCUT2D eigenvalue weighted by Crippen LogP contribution is -2.22. The molecule has 0 amide bonds. The summed E-state index contributed by atoms with van der Waals surface area (Å²) in [6, 6.07) is 10.6. The lowest BCUT2D eigenvalue weighted by atomic mass is 10.1.